The number of ether oxygens (including phenoxy) is 1. The van der Waals surface area contributed by atoms with Crippen molar-refractivity contribution in [2.24, 2.45) is 0 Å². The molecule has 1 aromatic carbocycles. The largest absolute Gasteiger partial charge is 0.426 e. The van der Waals surface area contributed by atoms with E-state index < -0.39 is 0 Å². The summed E-state index contributed by atoms with van der Waals surface area (Å²) in [6.07, 6.45) is 1.41. The van der Waals surface area contributed by atoms with Gasteiger partial charge in [0.05, 0.1) is 0 Å². The van der Waals surface area contributed by atoms with Gasteiger partial charge in [-0.2, -0.15) is 0 Å². The van der Waals surface area contributed by atoms with Crippen molar-refractivity contribution >= 4 is 5.97 Å². The van der Waals surface area contributed by atoms with Crippen molar-refractivity contribution < 1.29 is 9.53 Å². The fraction of sp³-hybridized carbons (Fsp3) is 0.533. The first-order valence-corrected chi connectivity index (χ1v) is 6.23. The molecule has 1 aromatic rings. The molecular weight excluding hydrogens is 212 g/mol. The molecule has 0 spiro atoms. The van der Waals surface area contributed by atoms with E-state index in [1.807, 2.05) is 26.0 Å². The van der Waals surface area contributed by atoms with E-state index in [0.717, 1.165) is 23.3 Å². The van der Waals surface area contributed by atoms with E-state index in [1.54, 1.807) is 0 Å². The predicted molar refractivity (Wildman–Crippen MR) is 70.4 cm³/mol. The highest BCUT2D eigenvalue weighted by atomic mass is 16.5. The normalized spacial score (nSPS) is 11.4. The third kappa shape index (κ3) is 3.09. The Morgan fingerprint density at radius 1 is 1.29 bits per heavy atom. The van der Waals surface area contributed by atoms with Crippen molar-refractivity contribution in [3.8, 4) is 5.75 Å². The van der Waals surface area contributed by atoms with Crippen molar-refractivity contribution in [3.63, 3.8) is 0 Å². The lowest BCUT2D eigenvalue weighted by atomic mass is 9.81. The Balaban J connectivity index is 3.22. The molecule has 1 rings (SSSR count). The number of hydrogen-bond acceptors (Lipinski definition) is 2. The standard InChI is InChI=1S/C15H22O2/c1-6-13(16)17-14-11(3)9-8-10-12(14)15(4,5)7-2/h8-10H,6-7H2,1-5H3. The van der Waals surface area contributed by atoms with Crippen LogP contribution in [-0.2, 0) is 10.2 Å². The van der Waals surface area contributed by atoms with E-state index >= 15 is 0 Å². The lowest BCUT2D eigenvalue weighted by Gasteiger charge is -2.26. The van der Waals surface area contributed by atoms with Crippen LogP contribution in [0.1, 0.15) is 51.7 Å². The minimum absolute atomic E-state index is 0.0232. The van der Waals surface area contributed by atoms with Crippen LogP contribution in [0.3, 0.4) is 0 Å². The topological polar surface area (TPSA) is 26.3 Å². The van der Waals surface area contributed by atoms with E-state index in [0.29, 0.717) is 6.42 Å². The summed E-state index contributed by atoms with van der Waals surface area (Å²) in [6, 6.07) is 6.05. The first-order chi connectivity index (χ1) is 7.92. The zero-order valence-corrected chi connectivity index (χ0v) is 11.5. The molecule has 0 aliphatic heterocycles. The third-order valence-electron chi connectivity index (χ3n) is 3.33. The maximum atomic E-state index is 11.5. The third-order valence-corrected chi connectivity index (χ3v) is 3.33. The summed E-state index contributed by atoms with van der Waals surface area (Å²) in [4.78, 5) is 11.5. The molecular formula is C15H22O2. The van der Waals surface area contributed by atoms with Gasteiger partial charge in [-0.1, -0.05) is 45.9 Å². The summed E-state index contributed by atoms with van der Waals surface area (Å²) in [5.41, 5.74) is 2.16. The van der Waals surface area contributed by atoms with Crippen molar-refractivity contribution in [2.75, 3.05) is 0 Å². The average molecular weight is 234 g/mol. The number of hydrogen-bond donors (Lipinski definition) is 0. The Morgan fingerprint density at radius 3 is 2.47 bits per heavy atom. The maximum absolute atomic E-state index is 11.5. The molecule has 0 aromatic heterocycles. The number of para-hydroxylation sites is 1. The Bertz CT molecular complexity index is 405. The zero-order valence-electron chi connectivity index (χ0n) is 11.5. The van der Waals surface area contributed by atoms with Crippen LogP contribution in [0.5, 0.6) is 5.75 Å². The van der Waals surface area contributed by atoms with Gasteiger partial charge in [0.1, 0.15) is 5.75 Å². The van der Waals surface area contributed by atoms with Crippen molar-refractivity contribution in [1.82, 2.24) is 0 Å². The highest BCUT2D eigenvalue weighted by Gasteiger charge is 2.24. The highest BCUT2D eigenvalue weighted by molar-refractivity contribution is 5.73. The molecule has 0 fully saturated rings. The Morgan fingerprint density at radius 2 is 1.94 bits per heavy atom. The first kappa shape index (κ1) is 13.8. The number of esters is 1. The lowest BCUT2D eigenvalue weighted by Crippen LogP contribution is -2.19. The van der Waals surface area contributed by atoms with E-state index in [1.165, 1.54) is 0 Å². The van der Waals surface area contributed by atoms with Crippen LogP contribution >= 0.6 is 0 Å². The van der Waals surface area contributed by atoms with Crippen LogP contribution in [-0.4, -0.2) is 5.97 Å². The molecule has 2 heteroatoms. The maximum Gasteiger partial charge on any atom is 0.310 e. The molecule has 17 heavy (non-hydrogen) atoms. The second-order valence-electron chi connectivity index (χ2n) is 5.02. The van der Waals surface area contributed by atoms with Crippen LogP contribution in [0.25, 0.3) is 0 Å². The number of carbonyl (C=O) groups is 1. The van der Waals surface area contributed by atoms with E-state index in [-0.39, 0.29) is 11.4 Å². The SMILES string of the molecule is CCC(=O)Oc1c(C)cccc1C(C)(C)CC. The van der Waals surface area contributed by atoms with Gasteiger partial charge in [-0.05, 0) is 24.3 Å². The molecule has 0 saturated carbocycles. The van der Waals surface area contributed by atoms with Crippen LogP contribution in [0.2, 0.25) is 0 Å². The molecule has 0 radical (unpaired) electrons. The highest BCUT2D eigenvalue weighted by Crippen LogP contribution is 2.36. The second kappa shape index (κ2) is 5.35. The molecule has 0 unspecified atom stereocenters. The van der Waals surface area contributed by atoms with Gasteiger partial charge in [-0.25, -0.2) is 0 Å². The van der Waals surface area contributed by atoms with Gasteiger partial charge >= 0.3 is 5.97 Å². The Labute approximate surface area is 104 Å². The van der Waals surface area contributed by atoms with Crippen LogP contribution in [0.4, 0.5) is 0 Å². The summed E-state index contributed by atoms with van der Waals surface area (Å²) in [5.74, 6) is 0.568. The fourth-order valence-corrected chi connectivity index (χ4v) is 1.70. The average Bonchev–Trinajstić information content (AvgIpc) is 2.31. The second-order valence-corrected chi connectivity index (χ2v) is 5.02. The molecule has 0 atom stereocenters. The van der Waals surface area contributed by atoms with Gasteiger partial charge in [0.25, 0.3) is 0 Å². The quantitative estimate of drug-likeness (QED) is 0.581. The molecule has 0 N–H and O–H groups in total. The number of rotatable bonds is 4. The van der Waals surface area contributed by atoms with Crippen molar-refractivity contribution in [3.05, 3.63) is 29.3 Å². The monoisotopic (exact) mass is 234 g/mol. The molecule has 94 valence electrons. The summed E-state index contributed by atoms with van der Waals surface area (Å²) < 4.78 is 5.47. The minimum Gasteiger partial charge on any atom is -0.426 e. The Hall–Kier alpha value is -1.31. The van der Waals surface area contributed by atoms with E-state index in [2.05, 4.69) is 26.8 Å². The molecule has 0 bridgehead atoms. The number of aryl methyl sites for hydroxylation is 1. The van der Waals surface area contributed by atoms with Crippen LogP contribution in [0, 0.1) is 6.92 Å². The number of benzene rings is 1. The molecule has 0 heterocycles. The Kier molecular flexibility index (Phi) is 4.33. The zero-order chi connectivity index (χ0) is 13.1. The molecule has 2 nitrogen and oxygen atoms in total. The lowest BCUT2D eigenvalue weighted by molar-refractivity contribution is -0.134. The summed E-state index contributed by atoms with van der Waals surface area (Å²) in [5, 5.41) is 0. The van der Waals surface area contributed by atoms with Gasteiger partial charge in [-0.3, -0.25) is 4.79 Å². The summed E-state index contributed by atoms with van der Waals surface area (Å²) >= 11 is 0. The summed E-state index contributed by atoms with van der Waals surface area (Å²) in [7, 11) is 0. The first-order valence-electron chi connectivity index (χ1n) is 6.23. The van der Waals surface area contributed by atoms with Gasteiger partial charge in [0.15, 0.2) is 0 Å². The molecule has 0 amide bonds. The predicted octanol–water partition coefficient (Wildman–Crippen LogP) is 4.00. The molecule has 0 saturated heterocycles. The number of carbonyl (C=O) groups excluding carboxylic acids is 1. The molecule has 0 aliphatic carbocycles. The minimum atomic E-state index is -0.174. The van der Waals surface area contributed by atoms with Crippen LogP contribution in [0.15, 0.2) is 18.2 Å². The van der Waals surface area contributed by atoms with Crippen molar-refractivity contribution in [1.29, 1.82) is 0 Å². The fourth-order valence-electron chi connectivity index (χ4n) is 1.70. The molecule has 0 aliphatic rings. The van der Waals surface area contributed by atoms with Crippen molar-refractivity contribution in [2.45, 2.75) is 52.9 Å². The van der Waals surface area contributed by atoms with Gasteiger partial charge < -0.3 is 4.74 Å². The van der Waals surface area contributed by atoms with Crippen LogP contribution < -0.4 is 4.74 Å². The van der Waals surface area contributed by atoms with Gasteiger partial charge in [0.2, 0.25) is 0 Å². The smallest absolute Gasteiger partial charge is 0.310 e. The summed E-state index contributed by atoms with van der Waals surface area (Å²) in [6.45, 7) is 10.3. The van der Waals surface area contributed by atoms with E-state index in [4.69, 9.17) is 4.74 Å². The van der Waals surface area contributed by atoms with E-state index in [9.17, 15) is 4.79 Å². The van der Waals surface area contributed by atoms with Gasteiger partial charge in [0, 0.05) is 12.0 Å². The van der Waals surface area contributed by atoms with Gasteiger partial charge in [-0.15, -0.1) is 0 Å².